The predicted molar refractivity (Wildman–Crippen MR) is 74.9 cm³/mol. The van der Waals surface area contributed by atoms with Crippen LogP contribution < -0.4 is 10.5 Å². The van der Waals surface area contributed by atoms with Crippen LogP contribution in [0.2, 0.25) is 0 Å². The molecule has 0 saturated carbocycles. The van der Waals surface area contributed by atoms with Gasteiger partial charge in [-0.25, -0.2) is 4.99 Å². The Kier molecular flexibility index (Phi) is 3.63. The summed E-state index contributed by atoms with van der Waals surface area (Å²) in [5, 5.41) is 0. The van der Waals surface area contributed by atoms with E-state index in [9.17, 15) is 0 Å². The van der Waals surface area contributed by atoms with Gasteiger partial charge in [0, 0.05) is 5.56 Å². The lowest BCUT2D eigenvalue weighted by Crippen LogP contribution is -2.34. The molecule has 0 aromatic heterocycles. The summed E-state index contributed by atoms with van der Waals surface area (Å²) in [5.41, 5.74) is 6.37. The van der Waals surface area contributed by atoms with Gasteiger partial charge in [0.2, 0.25) is 5.90 Å². The molecule has 1 aliphatic rings. The lowest BCUT2D eigenvalue weighted by atomic mass is 9.83. The number of hydrogen-bond donors (Lipinski definition) is 1. The second-order valence-electron chi connectivity index (χ2n) is 4.33. The summed E-state index contributed by atoms with van der Waals surface area (Å²) in [7, 11) is 0. The molecule has 0 atom stereocenters. The molecular formula is C15H18N2O. The fourth-order valence-corrected chi connectivity index (χ4v) is 2.35. The highest BCUT2D eigenvalue weighted by molar-refractivity contribution is 5.83. The molecular weight excluding hydrogens is 224 g/mol. The Morgan fingerprint density at radius 2 is 1.89 bits per heavy atom. The molecule has 0 amide bonds. The number of fused-ring (bicyclic) bond motifs is 1. The smallest absolute Gasteiger partial charge is 0.204 e. The summed E-state index contributed by atoms with van der Waals surface area (Å²) in [4.78, 5) is 4.68. The fraction of sp³-hybridized carbons (Fsp3) is 0.267. The van der Waals surface area contributed by atoms with Gasteiger partial charge in [-0.05, 0) is 18.9 Å². The molecule has 2 N–H and O–H groups in total. The molecule has 0 spiro atoms. The van der Waals surface area contributed by atoms with Crippen molar-refractivity contribution in [3.63, 3.8) is 0 Å². The van der Waals surface area contributed by atoms with Gasteiger partial charge in [-0.3, -0.25) is 0 Å². The Hall–Kier alpha value is -1.87. The highest BCUT2D eigenvalue weighted by Crippen LogP contribution is 2.42. The van der Waals surface area contributed by atoms with E-state index in [0.29, 0.717) is 12.4 Å². The topological polar surface area (TPSA) is 47.6 Å². The standard InChI is InChI=1S/C15H18N2O/c1-3-9-15(10-4-2)12-7-5-6-8-13(12)18-14(11-16)17-15/h3-8H,1-2,9-11,16H2. The van der Waals surface area contributed by atoms with E-state index in [1.54, 1.807) is 0 Å². The summed E-state index contributed by atoms with van der Waals surface area (Å²) < 4.78 is 5.69. The van der Waals surface area contributed by atoms with E-state index in [1.807, 2.05) is 36.4 Å². The number of rotatable bonds is 5. The van der Waals surface area contributed by atoms with Gasteiger partial charge in [0.15, 0.2) is 0 Å². The van der Waals surface area contributed by atoms with Gasteiger partial charge in [-0.15, -0.1) is 13.2 Å². The van der Waals surface area contributed by atoms with Gasteiger partial charge in [0.25, 0.3) is 0 Å². The Balaban J connectivity index is 2.57. The fourth-order valence-electron chi connectivity index (χ4n) is 2.35. The Bertz CT molecular complexity index is 481. The summed E-state index contributed by atoms with van der Waals surface area (Å²) in [6, 6.07) is 7.93. The average molecular weight is 242 g/mol. The molecule has 0 saturated heterocycles. The van der Waals surface area contributed by atoms with E-state index in [2.05, 4.69) is 18.2 Å². The van der Waals surface area contributed by atoms with Crippen LogP contribution in [0.15, 0.2) is 54.6 Å². The van der Waals surface area contributed by atoms with Crippen LogP contribution in [0.25, 0.3) is 0 Å². The van der Waals surface area contributed by atoms with Crippen molar-refractivity contribution in [3.05, 3.63) is 55.1 Å². The molecule has 1 aliphatic heterocycles. The Morgan fingerprint density at radius 3 is 2.50 bits per heavy atom. The van der Waals surface area contributed by atoms with Crippen molar-refractivity contribution < 1.29 is 4.74 Å². The molecule has 0 unspecified atom stereocenters. The molecule has 94 valence electrons. The van der Waals surface area contributed by atoms with Crippen LogP contribution in [0.4, 0.5) is 0 Å². The summed E-state index contributed by atoms with van der Waals surface area (Å²) in [6.45, 7) is 7.96. The summed E-state index contributed by atoms with van der Waals surface area (Å²) in [6.07, 6.45) is 5.23. The van der Waals surface area contributed by atoms with Crippen molar-refractivity contribution in [2.75, 3.05) is 6.54 Å². The number of ether oxygens (including phenoxy) is 1. The van der Waals surface area contributed by atoms with Crippen molar-refractivity contribution >= 4 is 5.90 Å². The zero-order valence-electron chi connectivity index (χ0n) is 10.4. The number of benzene rings is 1. The average Bonchev–Trinajstić information content (AvgIpc) is 2.39. The van der Waals surface area contributed by atoms with E-state index in [1.165, 1.54) is 0 Å². The maximum Gasteiger partial charge on any atom is 0.204 e. The molecule has 18 heavy (non-hydrogen) atoms. The van der Waals surface area contributed by atoms with E-state index in [4.69, 9.17) is 10.5 Å². The van der Waals surface area contributed by atoms with Gasteiger partial charge < -0.3 is 10.5 Å². The van der Waals surface area contributed by atoms with Crippen molar-refractivity contribution in [2.45, 2.75) is 18.4 Å². The minimum absolute atomic E-state index is 0.296. The van der Waals surface area contributed by atoms with Crippen LogP contribution in [-0.4, -0.2) is 12.4 Å². The first kappa shape index (κ1) is 12.6. The second kappa shape index (κ2) is 5.19. The lowest BCUT2D eigenvalue weighted by molar-refractivity contribution is 0.387. The molecule has 0 bridgehead atoms. The van der Waals surface area contributed by atoms with Crippen LogP contribution in [0.1, 0.15) is 18.4 Å². The van der Waals surface area contributed by atoms with Gasteiger partial charge in [0.1, 0.15) is 5.75 Å². The third-order valence-electron chi connectivity index (χ3n) is 3.09. The maximum absolute atomic E-state index is 5.69. The third kappa shape index (κ3) is 2.09. The first-order valence-electron chi connectivity index (χ1n) is 6.03. The number of aliphatic imine (C=N–C) groups is 1. The van der Waals surface area contributed by atoms with Crippen LogP contribution in [0.5, 0.6) is 5.75 Å². The van der Waals surface area contributed by atoms with E-state index in [-0.39, 0.29) is 5.54 Å². The van der Waals surface area contributed by atoms with Gasteiger partial charge in [-0.1, -0.05) is 30.4 Å². The lowest BCUT2D eigenvalue weighted by Gasteiger charge is -2.34. The quantitative estimate of drug-likeness (QED) is 0.807. The number of hydrogen-bond acceptors (Lipinski definition) is 3. The highest BCUT2D eigenvalue weighted by Gasteiger charge is 2.36. The zero-order chi connectivity index (χ0) is 13.0. The Labute approximate surface area is 108 Å². The molecule has 0 fully saturated rings. The van der Waals surface area contributed by atoms with Gasteiger partial charge >= 0.3 is 0 Å². The molecule has 1 aromatic carbocycles. The normalized spacial score (nSPS) is 16.2. The van der Waals surface area contributed by atoms with Crippen LogP contribution in [0.3, 0.4) is 0 Å². The highest BCUT2D eigenvalue weighted by atomic mass is 16.5. The number of nitrogens with two attached hydrogens (primary N) is 1. The Morgan fingerprint density at radius 1 is 1.22 bits per heavy atom. The summed E-state index contributed by atoms with van der Waals surface area (Å²) in [5.74, 6) is 1.40. The van der Waals surface area contributed by atoms with Crippen LogP contribution in [0, 0.1) is 0 Å². The van der Waals surface area contributed by atoms with Gasteiger partial charge in [-0.2, -0.15) is 0 Å². The number of nitrogens with zero attached hydrogens (tertiary/aromatic N) is 1. The van der Waals surface area contributed by atoms with E-state index >= 15 is 0 Å². The molecule has 2 rings (SSSR count). The van der Waals surface area contributed by atoms with E-state index in [0.717, 1.165) is 24.2 Å². The molecule has 1 aromatic rings. The van der Waals surface area contributed by atoms with E-state index < -0.39 is 0 Å². The van der Waals surface area contributed by atoms with Crippen molar-refractivity contribution in [3.8, 4) is 5.75 Å². The minimum atomic E-state index is -0.368. The maximum atomic E-state index is 5.69. The second-order valence-corrected chi connectivity index (χ2v) is 4.33. The van der Waals surface area contributed by atoms with Crippen LogP contribution in [-0.2, 0) is 5.54 Å². The van der Waals surface area contributed by atoms with Crippen molar-refractivity contribution in [1.82, 2.24) is 0 Å². The molecule has 0 radical (unpaired) electrons. The SMILES string of the molecule is C=CCC1(CC=C)N=C(CN)Oc2ccccc21. The van der Waals surface area contributed by atoms with Crippen molar-refractivity contribution in [2.24, 2.45) is 10.7 Å². The van der Waals surface area contributed by atoms with Crippen LogP contribution >= 0.6 is 0 Å². The monoisotopic (exact) mass is 242 g/mol. The largest absolute Gasteiger partial charge is 0.442 e. The molecule has 1 heterocycles. The first-order chi connectivity index (χ1) is 8.75. The number of para-hydroxylation sites is 1. The van der Waals surface area contributed by atoms with Gasteiger partial charge in [0.05, 0.1) is 12.1 Å². The first-order valence-corrected chi connectivity index (χ1v) is 6.03. The molecule has 3 heteroatoms. The predicted octanol–water partition coefficient (Wildman–Crippen LogP) is 2.78. The zero-order valence-corrected chi connectivity index (χ0v) is 10.4. The molecule has 0 aliphatic carbocycles. The molecule has 3 nitrogen and oxygen atoms in total. The summed E-state index contributed by atoms with van der Waals surface area (Å²) >= 11 is 0. The van der Waals surface area contributed by atoms with Crippen molar-refractivity contribution in [1.29, 1.82) is 0 Å². The third-order valence-corrected chi connectivity index (χ3v) is 3.09. The minimum Gasteiger partial charge on any atom is -0.442 e.